The Kier molecular flexibility index (Phi) is 7.43. The fourth-order valence-corrected chi connectivity index (χ4v) is 4.24. The van der Waals surface area contributed by atoms with Gasteiger partial charge in [0.25, 0.3) is 5.56 Å². The molecular formula is C21H27N3O5S. The third-order valence-corrected chi connectivity index (χ3v) is 5.52. The van der Waals surface area contributed by atoms with Crippen molar-refractivity contribution in [1.29, 1.82) is 0 Å². The molecule has 2 aromatic heterocycles. The summed E-state index contributed by atoms with van der Waals surface area (Å²) >= 11 is 1.42. The molecule has 0 aliphatic carbocycles. The zero-order chi connectivity index (χ0) is 21.7. The summed E-state index contributed by atoms with van der Waals surface area (Å²) in [7, 11) is 5.03. The van der Waals surface area contributed by atoms with Crippen LogP contribution in [0.2, 0.25) is 0 Å². The minimum Gasteiger partial charge on any atom is -0.493 e. The summed E-state index contributed by atoms with van der Waals surface area (Å²) in [6.07, 6.45) is -0.594. The van der Waals surface area contributed by atoms with Crippen LogP contribution in [0.15, 0.2) is 28.4 Å². The monoisotopic (exact) mass is 433 g/mol. The summed E-state index contributed by atoms with van der Waals surface area (Å²) in [5, 5.41) is 12.5. The molecule has 1 aromatic carbocycles. The van der Waals surface area contributed by atoms with Gasteiger partial charge in [0.15, 0.2) is 11.5 Å². The molecule has 2 N–H and O–H groups in total. The Morgan fingerprint density at radius 3 is 2.73 bits per heavy atom. The summed E-state index contributed by atoms with van der Waals surface area (Å²) in [4.78, 5) is 22.9. The van der Waals surface area contributed by atoms with E-state index in [-0.39, 0.29) is 12.2 Å². The summed E-state index contributed by atoms with van der Waals surface area (Å²) < 4.78 is 15.9. The lowest BCUT2D eigenvalue weighted by atomic mass is 10.1. The predicted molar refractivity (Wildman–Crippen MR) is 118 cm³/mol. The second-order valence-electron chi connectivity index (χ2n) is 6.92. The minimum absolute atomic E-state index is 0.190. The van der Waals surface area contributed by atoms with E-state index in [1.807, 2.05) is 42.5 Å². The Morgan fingerprint density at radius 1 is 1.27 bits per heavy atom. The van der Waals surface area contributed by atoms with Crippen LogP contribution in [0.1, 0.15) is 12.7 Å². The van der Waals surface area contributed by atoms with Gasteiger partial charge in [-0.2, -0.15) is 0 Å². The molecular weight excluding hydrogens is 406 g/mol. The molecule has 0 saturated carbocycles. The first kappa shape index (κ1) is 22.2. The van der Waals surface area contributed by atoms with E-state index in [1.165, 1.54) is 11.3 Å². The number of aliphatic hydroxyl groups excluding tert-OH is 1. The van der Waals surface area contributed by atoms with Crippen molar-refractivity contribution in [2.75, 3.05) is 41.0 Å². The molecule has 0 unspecified atom stereocenters. The van der Waals surface area contributed by atoms with Crippen LogP contribution in [-0.2, 0) is 11.3 Å². The smallest absolute Gasteiger partial charge is 0.260 e. The van der Waals surface area contributed by atoms with Crippen molar-refractivity contribution in [2.24, 2.45) is 0 Å². The highest BCUT2D eigenvalue weighted by atomic mass is 32.1. The second kappa shape index (κ2) is 10.0. The number of nitrogens with one attached hydrogen (secondary N) is 1. The third kappa shape index (κ3) is 4.99. The molecule has 8 nitrogen and oxygen atoms in total. The maximum Gasteiger partial charge on any atom is 0.260 e. The Balaban J connectivity index is 1.84. The number of hydrogen-bond donors (Lipinski definition) is 2. The van der Waals surface area contributed by atoms with E-state index in [0.29, 0.717) is 47.2 Å². The van der Waals surface area contributed by atoms with E-state index in [0.717, 1.165) is 11.1 Å². The standard InChI is InChI=1S/C21H27N3O5S/c1-5-29-11-14(25)9-24(2)10-18-22-20(26)19-15(12-30-21(19)23-18)13-6-7-16(27-3)17(8-13)28-4/h6-8,12,14,25H,5,9-11H2,1-4H3,(H,22,23,26)/t14-/m1/s1. The van der Waals surface area contributed by atoms with Crippen molar-refractivity contribution in [1.82, 2.24) is 14.9 Å². The third-order valence-electron chi connectivity index (χ3n) is 4.64. The molecule has 3 rings (SSSR count). The highest BCUT2D eigenvalue weighted by molar-refractivity contribution is 7.17. The number of ether oxygens (including phenoxy) is 3. The molecule has 1 atom stereocenters. The summed E-state index contributed by atoms with van der Waals surface area (Å²) in [6, 6.07) is 5.56. The number of hydrogen-bond acceptors (Lipinski definition) is 8. The van der Waals surface area contributed by atoms with Crippen molar-refractivity contribution in [2.45, 2.75) is 19.6 Å². The second-order valence-corrected chi connectivity index (χ2v) is 7.78. The topological polar surface area (TPSA) is 96.9 Å². The van der Waals surface area contributed by atoms with Gasteiger partial charge in [-0.15, -0.1) is 11.3 Å². The van der Waals surface area contributed by atoms with Crippen LogP contribution in [0.4, 0.5) is 0 Å². The van der Waals surface area contributed by atoms with E-state index in [1.54, 1.807) is 14.2 Å². The van der Waals surface area contributed by atoms with Crippen LogP contribution in [-0.4, -0.2) is 67.1 Å². The SMILES string of the molecule is CCOC[C@H](O)CN(C)Cc1nc2scc(-c3ccc(OC)c(OC)c3)c2c(=O)[nH]1. The number of fused-ring (bicyclic) bond motifs is 1. The molecule has 0 saturated heterocycles. The van der Waals surface area contributed by atoms with Crippen LogP contribution in [0.3, 0.4) is 0 Å². The highest BCUT2D eigenvalue weighted by Crippen LogP contribution is 2.36. The summed E-state index contributed by atoms with van der Waals surface area (Å²) in [6.45, 7) is 3.56. The van der Waals surface area contributed by atoms with Crippen molar-refractivity contribution < 1.29 is 19.3 Å². The quantitative estimate of drug-likeness (QED) is 0.507. The average Bonchev–Trinajstić information content (AvgIpc) is 3.16. The molecule has 162 valence electrons. The lowest BCUT2D eigenvalue weighted by molar-refractivity contribution is 0.0240. The normalized spacial score (nSPS) is 12.5. The number of methoxy groups -OCH3 is 2. The number of rotatable bonds is 10. The molecule has 0 fully saturated rings. The predicted octanol–water partition coefficient (Wildman–Crippen LogP) is 2.50. The fourth-order valence-electron chi connectivity index (χ4n) is 3.27. The summed E-state index contributed by atoms with van der Waals surface area (Å²) in [5.41, 5.74) is 1.47. The maximum atomic E-state index is 12.8. The molecule has 0 amide bonds. The first-order valence-corrected chi connectivity index (χ1v) is 10.5. The van der Waals surface area contributed by atoms with Gasteiger partial charge < -0.3 is 24.3 Å². The number of H-pyrrole nitrogens is 1. The van der Waals surface area contributed by atoms with Crippen LogP contribution in [0.25, 0.3) is 21.3 Å². The first-order chi connectivity index (χ1) is 14.5. The van der Waals surface area contributed by atoms with E-state index in [2.05, 4.69) is 9.97 Å². The molecule has 30 heavy (non-hydrogen) atoms. The van der Waals surface area contributed by atoms with Gasteiger partial charge in [0.2, 0.25) is 0 Å². The number of benzene rings is 1. The van der Waals surface area contributed by atoms with E-state index in [4.69, 9.17) is 14.2 Å². The Hall–Kier alpha value is -2.46. The van der Waals surface area contributed by atoms with E-state index in [9.17, 15) is 9.90 Å². The zero-order valence-electron chi connectivity index (χ0n) is 17.6. The van der Waals surface area contributed by atoms with Gasteiger partial charge in [0.1, 0.15) is 10.7 Å². The fraction of sp³-hybridized carbons (Fsp3) is 0.429. The lowest BCUT2D eigenvalue weighted by Crippen LogP contribution is -2.32. The van der Waals surface area contributed by atoms with Gasteiger partial charge in [-0.1, -0.05) is 6.07 Å². The lowest BCUT2D eigenvalue weighted by Gasteiger charge is -2.19. The van der Waals surface area contributed by atoms with Crippen molar-refractivity contribution in [3.8, 4) is 22.6 Å². The Labute approximate surface area is 179 Å². The first-order valence-electron chi connectivity index (χ1n) is 9.63. The van der Waals surface area contributed by atoms with Crippen LogP contribution < -0.4 is 15.0 Å². The number of thiophene rings is 1. The highest BCUT2D eigenvalue weighted by Gasteiger charge is 2.16. The number of aliphatic hydroxyl groups is 1. The van der Waals surface area contributed by atoms with Gasteiger partial charge in [0.05, 0.1) is 38.9 Å². The minimum atomic E-state index is -0.594. The number of likely N-dealkylation sites (N-methyl/N-ethyl adjacent to an activating group) is 1. The largest absolute Gasteiger partial charge is 0.493 e. The van der Waals surface area contributed by atoms with Crippen molar-refractivity contribution in [3.63, 3.8) is 0 Å². The van der Waals surface area contributed by atoms with Gasteiger partial charge in [0, 0.05) is 24.1 Å². The molecule has 0 radical (unpaired) electrons. The van der Waals surface area contributed by atoms with Gasteiger partial charge in [-0.05, 0) is 31.7 Å². The maximum absolute atomic E-state index is 12.8. The number of aromatic amines is 1. The van der Waals surface area contributed by atoms with Gasteiger partial charge in [-0.3, -0.25) is 9.69 Å². The van der Waals surface area contributed by atoms with Crippen LogP contribution in [0, 0.1) is 0 Å². The molecule has 0 aliphatic rings. The van der Waals surface area contributed by atoms with E-state index < -0.39 is 6.10 Å². The Morgan fingerprint density at radius 2 is 2.03 bits per heavy atom. The molecule has 9 heteroatoms. The molecule has 0 bridgehead atoms. The zero-order valence-corrected chi connectivity index (χ0v) is 18.4. The number of aromatic nitrogens is 2. The van der Waals surface area contributed by atoms with Crippen molar-refractivity contribution in [3.05, 3.63) is 39.8 Å². The Bertz CT molecular complexity index is 1050. The molecule has 0 aliphatic heterocycles. The molecule has 2 heterocycles. The molecule has 0 spiro atoms. The van der Waals surface area contributed by atoms with Crippen LogP contribution in [0.5, 0.6) is 11.5 Å². The average molecular weight is 434 g/mol. The van der Waals surface area contributed by atoms with Crippen molar-refractivity contribution >= 4 is 21.6 Å². The number of nitrogens with zero attached hydrogens (tertiary/aromatic N) is 2. The van der Waals surface area contributed by atoms with Gasteiger partial charge in [-0.25, -0.2) is 4.98 Å². The van der Waals surface area contributed by atoms with Gasteiger partial charge >= 0.3 is 0 Å². The van der Waals surface area contributed by atoms with Crippen LogP contribution >= 0.6 is 11.3 Å². The van der Waals surface area contributed by atoms with E-state index >= 15 is 0 Å². The molecule has 3 aromatic rings. The summed E-state index contributed by atoms with van der Waals surface area (Å²) in [5.74, 6) is 1.78.